The molecule has 1 amide bonds. The molecule has 27 heavy (non-hydrogen) atoms. The molecule has 0 heterocycles. The normalized spacial score (nSPS) is 14.6. The van der Waals surface area contributed by atoms with Gasteiger partial charge in [0.1, 0.15) is 5.56 Å². The fraction of sp³-hybridized carbons (Fsp3) is 0.611. The standard InChI is InChI=1S/C18H27N3O5.ClH/c1-25-16-11-14(15(21(23)24)12-17(16)26-2)18(22)20-10-9-19-13-7-5-3-4-6-8-13;/h11-13,19H,3-10H2,1-2H3,(H,20,22);1H. The van der Waals surface area contributed by atoms with Gasteiger partial charge in [0, 0.05) is 25.2 Å². The first-order chi connectivity index (χ1) is 12.6. The average Bonchev–Trinajstić information content (AvgIpc) is 2.92. The Bertz CT molecular complexity index is 634. The molecule has 0 atom stereocenters. The Morgan fingerprint density at radius 3 is 2.26 bits per heavy atom. The van der Waals surface area contributed by atoms with Gasteiger partial charge < -0.3 is 20.1 Å². The van der Waals surface area contributed by atoms with Crippen LogP contribution in [0.5, 0.6) is 11.5 Å². The average molecular weight is 402 g/mol. The minimum Gasteiger partial charge on any atom is -0.493 e. The number of hydrogen-bond donors (Lipinski definition) is 2. The van der Waals surface area contributed by atoms with E-state index in [0.29, 0.717) is 19.1 Å². The molecule has 1 aromatic rings. The lowest BCUT2D eigenvalue weighted by Gasteiger charge is -2.16. The number of methoxy groups -OCH3 is 2. The van der Waals surface area contributed by atoms with Crippen LogP contribution in [-0.4, -0.2) is 44.2 Å². The van der Waals surface area contributed by atoms with E-state index in [4.69, 9.17) is 9.47 Å². The van der Waals surface area contributed by atoms with E-state index in [1.807, 2.05) is 0 Å². The highest BCUT2D eigenvalue weighted by Crippen LogP contribution is 2.34. The smallest absolute Gasteiger partial charge is 0.286 e. The minimum absolute atomic E-state index is 0. The van der Waals surface area contributed by atoms with Gasteiger partial charge in [0.05, 0.1) is 25.2 Å². The maximum Gasteiger partial charge on any atom is 0.286 e. The van der Waals surface area contributed by atoms with E-state index in [1.165, 1.54) is 52.0 Å². The second kappa shape index (κ2) is 11.6. The maximum atomic E-state index is 12.4. The predicted octanol–water partition coefficient (Wildman–Crippen LogP) is 3.08. The lowest BCUT2D eigenvalue weighted by molar-refractivity contribution is -0.385. The van der Waals surface area contributed by atoms with Crippen molar-refractivity contribution in [2.75, 3.05) is 27.3 Å². The molecular formula is C18H28ClN3O5. The third-order valence-corrected chi connectivity index (χ3v) is 4.64. The van der Waals surface area contributed by atoms with Crippen LogP contribution in [0.25, 0.3) is 0 Å². The number of nitrogens with zero attached hydrogens (tertiary/aromatic N) is 1. The molecule has 2 rings (SSSR count). The highest BCUT2D eigenvalue weighted by molar-refractivity contribution is 5.99. The van der Waals surface area contributed by atoms with E-state index in [9.17, 15) is 14.9 Å². The Morgan fingerprint density at radius 1 is 1.11 bits per heavy atom. The highest BCUT2D eigenvalue weighted by atomic mass is 35.5. The number of benzene rings is 1. The molecule has 8 nitrogen and oxygen atoms in total. The summed E-state index contributed by atoms with van der Waals surface area (Å²) in [6.45, 7) is 1.04. The van der Waals surface area contributed by atoms with Crippen LogP contribution in [0, 0.1) is 10.1 Å². The van der Waals surface area contributed by atoms with Crippen LogP contribution in [-0.2, 0) is 0 Å². The Hall–Kier alpha value is -2.06. The molecule has 0 aliphatic heterocycles. The van der Waals surface area contributed by atoms with E-state index in [-0.39, 0.29) is 35.2 Å². The summed E-state index contributed by atoms with van der Waals surface area (Å²) in [6.07, 6.45) is 7.38. The van der Waals surface area contributed by atoms with E-state index in [2.05, 4.69) is 10.6 Å². The molecule has 1 saturated carbocycles. The molecule has 1 fully saturated rings. The van der Waals surface area contributed by atoms with Crippen molar-refractivity contribution in [3.63, 3.8) is 0 Å². The molecule has 0 radical (unpaired) electrons. The first-order valence-electron chi connectivity index (χ1n) is 8.98. The van der Waals surface area contributed by atoms with Crippen LogP contribution >= 0.6 is 12.4 Å². The lowest BCUT2D eigenvalue weighted by atomic mass is 10.1. The predicted molar refractivity (Wildman–Crippen MR) is 105 cm³/mol. The monoisotopic (exact) mass is 401 g/mol. The van der Waals surface area contributed by atoms with Gasteiger partial charge in [-0.3, -0.25) is 14.9 Å². The zero-order chi connectivity index (χ0) is 18.9. The quantitative estimate of drug-likeness (QED) is 0.300. The van der Waals surface area contributed by atoms with Gasteiger partial charge in [-0.1, -0.05) is 25.7 Å². The van der Waals surface area contributed by atoms with Crippen LogP contribution in [0.3, 0.4) is 0 Å². The van der Waals surface area contributed by atoms with Crippen LogP contribution < -0.4 is 20.1 Å². The fourth-order valence-electron chi connectivity index (χ4n) is 3.23. The molecule has 2 N–H and O–H groups in total. The lowest BCUT2D eigenvalue weighted by Crippen LogP contribution is -2.37. The summed E-state index contributed by atoms with van der Waals surface area (Å²) in [5, 5.41) is 17.5. The Morgan fingerprint density at radius 2 is 1.70 bits per heavy atom. The Labute approximate surface area is 165 Å². The summed E-state index contributed by atoms with van der Waals surface area (Å²) in [5.41, 5.74) is -0.348. The van der Waals surface area contributed by atoms with Crippen molar-refractivity contribution in [1.29, 1.82) is 0 Å². The summed E-state index contributed by atoms with van der Waals surface area (Å²) in [7, 11) is 2.81. The van der Waals surface area contributed by atoms with Gasteiger partial charge in [-0.2, -0.15) is 0 Å². The van der Waals surface area contributed by atoms with Crippen molar-refractivity contribution in [3.05, 3.63) is 27.8 Å². The molecular weight excluding hydrogens is 374 g/mol. The number of carbonyl (C=O) groups excluding carboxylic acids is 1. The molecule has 1 aliphatic carbocycles. The van der Waals surface area contributed by atoms with E-state index < -0.39 is 10.8 Å². The summed E-state index contributed by atoms with van der Waals surface area (Å²) in [4.78, 5) is 23.1. The first kappa shape index (κ1) is 23.0. The molecule has 152 valence electrons. The van der Waals surface area contributed by atoms with Gasteiger partial charge in [-0.05, 0) is 12.8 Å². The SMILES string of the molecule is COc1cc(C(=O)NCCNC2CCCCCC2)c([N+](=O)[O-])cc1OC.Cl. The summed E-state index contributed by atoms with van der Waals surface area (Å²) in [5.74, 6) is -0.00840. The second-order valence-corrected chi connectivity index (χ2v) is 6.38. The number of nitrogens with one attached hydrogen (secondary N) is 2. The summed E-state index contributed by atoms with van der Waals surface area (Å²) >= 11 is 0. The second-order valence-electron chi connectivity index (χ2n) is 6.38. The van der Waals surface area contributed by atoms with Crippen molar-refractivity contribution in [2.45, 2.75) is 44.6 Å². The van der Waals surface area contributed by atoms with Crippen LogP contribution in [0.1, 0.15) is 48.9 Å². The van der Waals surface area contributed by atoms with Crippen LogP contribution in [0.2, 0.25) is 0 Å². The number of ether oxygens (including phenoxy) is 2. The number of nitro benzene ring substituents is 1. The third kappa shape index (κ3) is 6.55. The number of nitro groups is 1. The number of amides is 1. The van der Waals surface area contributed by atoms with Crippen molar-refractivity contribution < 1.29 is 19.2 Å². The van der Waals surface area contributed by atoms with Gasteiger partial charge in [0.15, 0.2) is 11.5 Å². The zero-order valence-corrected chi connectivity index (χ0v) is 16.6. The number of rotatable bonds is 8. The molecule has 9 heteroatoms. The van der Waals surface area contributed by atoms with Crippen molar-refractivity contribution in [1.82, 2.24) is 10.6 Å². The van der Waals surface area contributed by atoms with Gasteiger partial charge in [-0.25, -0.2) is 0 Å². The van der Waals surface area contributed by atoms with Crippen LogP contribution in [0.4, 0.5) is 5.69 Å². The first-order valence-corrected chi connectivity index (χ1v) is 8.98. The Balaban J connectivity index is 0.00000364. The maximum absolute atomic E-state index is 12.4. The summed E-state index contributed by atoms with van der Waals surface area (Å²) < 4.78 is 10.2. The molecule has 0 spiro atoms. The molecule has 0 saturated heterocycles. The van der Waals surface area contributed by atoms with Crippen molar-refractivity contribution >= 4 is 24.0 Å². The van der Waals surface area contributed by atoms with Crippen LogP contribution in [0.15, 0.2) is 12.1 Å². The zero-order valence-electron chi connectivity index (χ0n) is 15.8. The summed E-state index contributed by atoms with van der Waals surface area (Å²) in [6, 6.07) is 3.03. The number of hydrogen-bond acceptors (Lipinski definition) is 6. The van der Waals surface area contributed by atoms with Gasteiger partial charge in [-0.15, -0.1) is 12.4 Å². The molecule has 1 aliphatic rings. The molecule has 0 unspecified atom stereocenters. The van der Waals surface area contributed by atoms with E-state index >= 15 is 0 Å². The largest absolute Gasteiger partial charge is 0.493 e. The van der Waals surface area contributed by atoms with E-state index in [0.717, 1.165) is 12.8 Å². The number of carbonyl (C=O) groups is 1. The Kier molecular flexibility index (Phi) is 9.88. The number of halogens is 1. The minimum atomic E-state index is -0.597. The third-order valence-electron chi connectivity index (χ3n) is 4.64. The highest BCUT2D eigenvalue weighted by Gasteiger charge is 2.24. The van der Waals surface area contributed by atoms with Gasteiger partial charge in [0.2, 0.25) is 0 Å². The fourth-order valence-corrected chi connectivity index (χ4v) is 3.23. The van der Waals surface area contributed by atoms with Crippen molar-refractivity contribution in [3.8, 4) is 11.5 Å². The molecule has 0 aromatic heterocycles. The van der Waals surface area contributed by atoms with Gasteiger partial charge >= 0.3 is 0 Å². The van der Waals surface area contributed by atoms with E-state index in [1.54, 1.807) is 0 Å². The van der Waals surface area contributed by atoms with Crippen molar-refractivity contribution in [2.24, 2.45) is 0 Å². The molecule has 0 bridgehead atoms. The van der Waals surface area contributed by atoms with Gasteiger partial charge in [0.25, 0.3) is 11.6 Å². The topological polar surface area (TPSA) is 103 Å². The molecule has 1 aromatic carbocycles.